The van der Waals surface area contributed by atoms with Gasteiger partial charge in [-0.2, -0.15) is 18.3 Å². The lowest BCUT2D eigenvalue weighted by atomic mass is 10.2. The standard InChI is InChI=1S/C12H13F3N4O/c1-20-6-5-19-8-9(7-17-19)18-11-10(12(13,14)15)3-2-4-16-11/h2-4,7-8H,5-6H2,1H3,(H,16,18). The summed E-state index contributed by atoms with van der Waals surface area (Å²) in [6, 6.07) is 2.22. The summed E-state index contributed by atoms with van der Waals surface area (Å²) >= 11 is 0. The fourth-order valence-corrected chi connectivity index (χ4v) is 1.61. The maximum absolute atomic E-state index is 12.8. The molecular formula is C12H13F3N4O. The number of aromatic nitrogens is 3. The molecule has 0 spiro atoms. The number of alkyl halides is 3. The van der Waals surface area contributed by atoms with E-state index in [1.807, 2.05) is 0 Å². The molecule has 0 saturated heterocycles. The maximum Gasteiger partial charge on any atom is 0.419 e. The highest BCUT2D eigenvalue weighted by Crippen LogP contribution is 2.34. The lowest BCUT2D eigenvalue weighted by molar-refractivity contribution is -0.137. The number of halogens is 3. The van der Waals surface area contributed by atoms with Crippen LogP contribution in [0, 0.1) is 0 Å². The maximum atomic E-state index is 12.8. The van der Waals surface area contributed by atoms with Gasteiger partial charge < -0.3 is 10.1 Å². The van der Waals surface area contributed by atoms with Crippen LogP contribution in [0.5, 0.6) is 0 Å². The second kappa shape index (κ2) is 5.91. The predicted molar refractivity (Wildman–Crippen MR) is 66.6 cm³/mol. The van der Waals surface area contributed by atoms with Crippen LogP contribution in [-0.4, -0.2) is 28.5 Å². The minimum absolute atomic E-state index is 0.244. The van der Waals surface area contributed by atoms with E-state index in [1.165, 1.54) is 18.5 Å². The summed E-state index contributed by atoms with van der Waals surface area (Å²) in [5.74, 6) is -0.244. The molecular weight excluding hydrogens is 273 g/mol. The minimum Gasteiger partial charge on any atom is -0.383 e. The first kappa shape index (κ1) is 14.3. The number of methoxy groups -OCH3 is 1. The van der Waals surface area contributed by atoms with Gasteiger partial charge in [-0.05, 0) is 12.1 Å². The zero-order chi connectivity index (χ0) is 14.6. The largest absolute Gasteiger partial charge is 0.419 e. The summed E-state index contributed by atoms with van der Waals surface area (Å²) in [4.78, 5) is 3.72. The molecule has 2 rings (SSSR count). The molecule has 0 bridgehead atoms. The number of hydrogen-bond acceptors (Lipinski definition) is 4. The van der Waals surface area contributed by atoms with Crippen LogP contribution in [0.3, 0.4) is 0 Å². The molecule has 2 aromatic heterocycles. The third-order valence-corrected chi connectivity index (χ3v) is 2.53. The van der Waals surface area contributed by atoms with Crippen LogP contribution in [0.1, 0.15) is 5.56 Å². The summed E-state index contributed by atoms with van der Waals surface area (Å²) in [6.07, 6.45) is -0.131. The number of rotatable bonds is 5. The van der Waals surface area contributed by atoms with Crippen molar-refractivity contribution in [2.75, 3.05) is 19.0 Å². The molecule has 0 saturated carbocycles. The van der Waals surface area contributed by atoms with Crippen molar-refractivity contribution in [3.05, 3.63) is 36.3 Å². The highest BCUT2D eigenvalue weighted by atomic mass is 19.4. The third-order valence-electron chi connectivity index (χ3n) is 2.53. The molecule has 0 aliphatic rings. The number of anilines is 2. The average molecular weight is 286 g/mol. The van der Waals surface area contributed by atoms with E-state index in [2.05, 4.69) is 15.4 Å². The van der Waals surface area contributed by atoms with Gasteiger partial charge in [0, 0.05) is 19.5 Å². The lowest BCUT2D eigenvalue weighted by Gasteiger charge is -2.11. The van der Waals surface area contributed by atoms with Gasteiger partial charge in [-0.3, -0.25) is 4.68 Å². The van der Waals surface area contributed by atoms with Gasteiger partial charge >= 0.3 is 6.18 Å². The van der Waals surface area contributed by atoms with Crippen LogP contribution < -0.4 is 5.32 Å². The molecule has 2 heterocycles. The smallest absolute Gasteiger partial charge is 0.383 e. The molecule has 0 atom stereocenters. The molecule has 0 fully saturated rings. The Labute approximate surface area is 113 Å². The number of nitrogens with one attached hydrogen (secondary N) is 1. The Morgan fingerprint density at radius 1 is 1.40 bits per heavy atom. The van der Waals surface area contributed by atoms with E-state index in [1.54, 1.807) is 18.0 Å². The summed E-state index contributed by atoms with van der Waals surface area (Å²) in [7, 11) is 1.56. The summed E-state index contributed by atoms with van der Waals surface area (Å²) in [5.41, 5.74) is -0.380. The van der Waals surface area contributed by atoms with Crippen LogP contribution in [-0.2, 0) is 17.5 Å². The van der Waals surface area contributed by atoms with Crippen LogP contribution in [0.25, 0.3) is 0 Å². The van der Waals surface area contributed by atoms with E-state index in [0.29, 0.717) is 18.8 Å². The highest BCUT2D eigenvalue weighted by molar-refractivity contribution is 5.58. The Bertz CT molecular complexity index is 568. The Morgan fingerprint density at radius 2 is 2.20 bits per heavy atom. The molecule has 0 amide bonds. The van der Waals surface area contributed by atoms with E-state index < -0.39 is 11.7 Å². The first-order valence-corrected chi connectivity index (χ1v) is 5.81. The van der Waals surface area contributed by atoms with Gasteiger partial charge in [-0.15, -0.1) is 0 Å². The van der Waals surface area contributed by atoms with Gasteiger partial charge in [0.05, 0.1) is 30.6 Å². The SMILES string of the molecule is COCCn1cc(Nc2ncccc2C(F)(F)F)cn1. The monoisotopic (exact) mass is 286 g/mol. The Balaban J connectivity index is 2.16. The molecule has 1 N–H and O–H groups in total. The van der Waals surface area contributed by atoms with Crippen molar-refractivity contribution in [2.24, 2.45) is 0 Å². The van der Waals surface area contributed by atoms with Gasteiger partial charge in [0.25, 0.3) is 0 Å². The summed E-state index contributed by atoms with van der Waals surface area (Å²) in [5, 5.41) is 6.63. The van der Waals surface area contributed by atoms with Gasteiger partial charge in [0.1, 0.15) is 5.82 Å². The lowest BCUT2D eigenvalue weighted by Crippen LogP contribution is -2.09. The first-order valence-electron chi connectivity index (χ1n) is 5.81. The number of pyridine rings is 1. The minimum atomic E-state index is -4.46. The van der Waals surface area contributed by atoms with Crippen molar-refractivity contribution < 1.29 is 17.9 Å². The van der Waals surface area contributed by atoms with E-state index in [0.717, 1.165) is 6.07 Å². The first-order chi connectivity index (χ1) is 9.50. The van der Waals surface area contributed by atoms with Crippen molar-refractivity contribution in [1.29, 1.82) is 0 Å². The van der Waals surface area contributed by atoms with E-state index in [4.69, 9.17) is 4.74 Å². The second-order valence-electron chi connectivity index (χ2n) is 4.01. The fraction of sp³-hybridized carbons (Fsp3) is 0.333. The molecule has 8 heteroatoms. The number of nitrogens with zero attached hydrogens (tertiary/aromatic N) is 3. The topological polar surface area (TPSA) is 52.0 Å². The van der Waals surface area contributed by atoms with Crippen molar-refractivity contribution >= 4 is 11.5 Å². The third kappa shape index (κ3) is 3.47. The quantitative estimate of drug-likeness (QED) is 0.918. The summed E-state index contributed by atoms with van der Waals surface area (Å²) in [6.45, 7) is 0.991. The molecule has 108 valence electrons. The van der Waals surface area contributed by atoms with Crippen molar-refractivity contribution in [3.63, 3.8) is 0 Å². The van der Waals surface area contributed by atoms with Crippen LogP contribution in [0.4, 0.5) is 24.7 Å². The zero-order valence-electron chi connectivity index (χ0n) is 10.7. The van der Waals surface area contributed by atoms with Crippen LogP contribution in [0.2, 0.25) is 0 Å². The Hall–Kier alpha value is -2.09. The fourth-order valence-electron chi connectivity index (χ4n) is 1.61. The molecule has 5 nitrogen and oxygen atoms in total. The zero-order valence-corrected chi connectivity index (χ0v) is 10.7. The second-order valence-corrected chi connectivity index (χ2v) is 4.01. The van der Waals surface area contributed by atoms with Gasteiger partial charge in [-0.1, -0.05) is 0 Å². The molecule has 2 aromatic rings. The molecule has 0 aliphatic carbocycles. The molecule has 20 heavy (non-hydrogen) atoms. The summed E-state index contributed by atoms with van der Waals surface area (Å²) < 4.78 is 44.9. The Morgan fingerprint density at radius 3 is 2.90 bits per heavy atom. The van der Waals surface area contributed by atoms with Crippen LogP contribution in [0.15, 0.2) is 30.7 Å². The molecule has 0 aromatic carbocycles. The molecule has 0 radical (unpaired) electrons. The Kier molecular flexibility index (Phi) is 4.23. The molecule has 0 aliphatic heterocycles. The number of hydrogen-bond donors (Lipinski definition) is 1. The number of ether oxygens (including phenoxy) is 1. The van der Waals surface area contributed by atoms with Gasteiger partial charge in [-0.25, -0.2) is 4.98 Å². The van der Waals surface area contributed by atoms with E-state index in [-0.39, 0.29) is 5.82 Å². The highest BCUT2D eigenvalue weighted by Gasteiger charge is 2.34. The molecule has 0 unspecified atom stereocenters. The van der Waals surface area contributed by atoms with Gasteiger partial charge in [0.15, 0.2) is 0 Å². The van der Waals surface area contributed by atoms with Gasteiger partial charge in [0.2, 0.25) is 0 Å². The van der Waals surface area contributed by atoms with E-state index >= 15 is 0 Å². The average Bonchev–Trinajstić information content (AvgIpc) is 2.83. The predicted octanol–water partition coefficient (Wildman–Crippen LogP) is 2.69. The van der Waals surface area contributed by atoms with Crippen molar-refractivity contribution in [2.45, 2.75) is 12.7 Å². The van der Waals surface area contributed by atoms with Crippen LogP contribution >= 0.6 is 0 Å². The van der Waals surface area contributed by atoms with Crippen molar-refractivity contribution in [3.8, 4) is 0 Å². The van der Waals surface area contributed by atoms with E-state index in [9.17, 15) is 13.2 Å². The normalized spacial score (nSPS) is 11.6. The van der Waals surface area contributed by atoms with Crippen molar-refractivity contribution in [1.82, 2.24) is 14.8 Å².